The Kier molecular flexibility index (Phi) is 19.7. The van der Waals surface area contributed by atoms with Crippen LogP contribution < -0.4 is 0 Å². The Labute approximate surface area is 111 Å². The summed E-state index contributed by atoms with van der Waals surface area (Å²) in [6, 6.07) is 0. The van der Waals surface area contributed by atoms with Crippen LogP contribution in [0.5, 0.6) is 0 Å². The predicted octanol–water partition coefficient (Wildman–Crippen LogP) is 3.03. The molecule has 0 aromatic carbocycles. The summed E-state index contributed by atoms with van der Waals surface area (Å²) >= 11 is 0. The molecule has 0 saturated heterocycles. The fourth-order valence-electron chi connectivity index (χ4n) is 1.41. The number of hydrogen-bond acceptors (Lipinski definition) is 1. The molecule has 0 aliphatic heterocycles. The molecule has 0 radical (unpaired) electrons. The van der Waals surface area contributed by atoms with E-state index >= 15 is 0 Å². The molecule has 0 unspecified atom stereocenters. The first-order chi connectivity index (χ1) is 6.41. The Balaban J connectivity index is 0. The van der Waals surface area contributed by atoms with E-state index in [1.54, 1.807) is 0 Å². The van der Waals surface area contributed by atoms with Gasteiger partial charge in [-0.15, -0.1) is 0 Å². The molecule has 0 amide bonds. The summed E-state index contributed by atoms with van der Waals surface area (Å²) in [5, 5.41) is 8.48. The van der Waals surface area contributed by atoms with Gasteiger partial charge in [-0.05, 0) is 12.8 Å². The zero-order valence-electron chi connectivity index (χ0n) is 8.97. The summed E-state index contributed by atoms with van der Waals surface area (Å²) in [4.78, 5) is 0. The van der Waals surface area contributed by atoms with Crippen molar-refractivity contribution in [2.45, 2.75) is 58.3 Å². The van der Waals surface area contributed by atoms with Crippen LogP contribution in [0, 0.1) is 0 Å². The molecule has 1 nitrogen and oxygen atoms in total. The van der Waals surface area contributed by atoms with E-state index in [-0.39, 0.29) is 36.2 Å². The number of aliphatic hydroxyl groups is 1. The molecule has 0 aromatic rings. The molecule has 0 spiro atoms. The molecule has 0 aliphatic carbocycles. The number of unbranched alkanes of at least 4 members (excludes halogenated alkanes) is 7. The van der Waals surface area contributed by atoms with E-state index in [0.717, 1.165) is 6.42 Å². The quantitative estimate of drug-likeness (QED) is 0.351. The van der Waals surface area contributed by atoms with Gasteiger partial charge in [0.15, 0.2) is 0 Å². The number of hydrogen-bond donors (Lipinski definition) is 1. The Morgan fingerprint density at radius 2 is 1.43 bits per heavy atom. The van der Waals surface area contributed by atoms with E-state index in [0.29, 0.717) is 0 Å². The Morgan fingerprint density at radius 3 is 2.00 bits per heavy atom. The molecule has 0 bridgehead atoms. The van der Waals surface area contributed by atoms with E-state index in [1.165, 1.54) is 44.9 Å². The van der Waals surface area contributed by atoms with Crippen LogP contribution in [0.15, 0.2) is 12.2 Å². The van der Waals surface area contributed by atoms with Gasteiger partial charge in [-0.2, -0.15) is 0 Å². The Morgan fingerprint density at radius 1 is 0.857 bits per heavy atom. The summed E-state index contributed by atoms with van der Waals surface area (Å²) in [5.74, 6) is 0. The molecule has 0 heterocycles. The normalized spacial score (nSPS) is 10.4. The van der Waals surface area contributed by atoms with Crippen molar-refractivity contribution < 1.29 is 5.11 Å². The van der Waals surface area contributed by atoms with Gasteiger partial charge in [0.25, 0.3) is 0 Å². The van der Waals surface area contributed by atoms with Crippen molar-refractivity contribution in [2.24, 2.45) is 0 Å². The summed E-state index contributed by atoms with van der Waals surface area (Å²) in [6.45, 7) is 2.44. The van der Waals surface area contributed by atoms with Gasteiger partial charge in [0, 0.05) is 0 Å². The van der Waals surface area contributed by atoms with Crippen LogP contribution >= 0.6 is 0 Å². The molecule has 0 saturated carbocycles. The van der Waals surface area contributed by atoms with E-state index in [1.807, 2.05) is 6.08 Å². The zero-order valence-corrected chi connectivity index (χ0v) is 8.97. The molecule has 0 aliphatic rings. The second-order valence-corrected chi connectivity index (χ2v) is 3.56. The van der Waals surface area contributed by atoms with Crippen molar-refractivity contribution >= 4 is 29.6 Å². The maximum atomic E-state index is 8.48. The van der Waals surface area contributed by atoms with Gasteiger partial charge in [-0.25, -0.2) is 0 Å². The molecule has 1 N–H and O–H groups in total. The van der Waals surface area contributed by atoms with Gasteiger partial charge >= 0.3 is 29.6 Å². The van der Waals surface area contributed by atoms with Crippen LogP contribution in [-0.2, 0) is 0 Å². The average Bonchev–Trinajstić information content (AvgIpc) is 2.16. The van der Waals surface area contributed by atoms with E-state index in [2.05, 4.69) is 13.0 Å². The minimum absolute atomic E-state index is 0. The van der Waals surface area contributed by atoms with Crippen LogP contribution in [0.3, 0.4) is 0 Å². The zero-order chi connectivity index (χ0) is 9.78. The number of rotatable bonds is 9. The number of aliphatic hydroxyl groups excluding tert-OH is 1. The Bertz CT molecular complexity index is 113. The van der Waals surface area contributed by atoms with Crippen LogP contribution in [0.4, 0.5) is 0 Å². The maximum absolute atomic E-state index is 8.48. The SMILES string of the molecule is CCCCCCCCCC=CCO.[NaH]. The van der Waals surface area contributed by atoms with Gasteiger partial charge < -0.3 is 5.11 Å². The molecule has 14 heavy (non-hydrogen) atoms. The third kappa shape index (κ3) is 15.2. The molecule has 2 heteroatoms. The van der Waals surface area contributed by atoms with Crippen LogP contribution in [0.2, 0.25) is 0 Å². The minimum atomic E-state index is 0. The first-order valence-electron chi connectivity index (χ1n) is 5.67. The second-order valence-electron chi connectivity index (χ2n) is 3.56. The summed E-state index contributed by atoms with van der Waals surface area (Å²) < 4.78 is 0. The molecule has 0 atom stereocenters. The molecular formula is C12H25NaO. The van der Waals surface area contributed by atoms with Gasteiger partial charge in [0.05, 0.1) is 6.61 Å². The first-order valence-corrected chi connectivity index (χ1v) is 5.67. The first kappa shape index (κ1) is 17.1. The monoisotopic (exact) mass is 208 g/mol. The van der Waals surface area contributed by atoms with E-state index in [9.17, 15) is 0 Å². The van der Waals surface area contributed by atoms with Crippen molar-refractivity contribution in [3.05, 3.63) is 12.2 Å². The van der Waals surface area contributed by atoms with Gasteiger partial charge in [-0.1, -0.05) is 57.6 Å². The third-order valence-corrected chi connectivity index (χ3v) is 2.25. The summed E-state index contributed by atoms with van der Waals surface area (Å²) in [5.41, 5.74) is 0. The van der Waals surface area contributed by atoms with Crippen LogP contribution in [0.1, 0.15) is 58.3 Å². The fraction of sp³-hybridized carbons (Fsp3) is 0.833. The average molecular weight is 208 g/mol. The predicted molar refractivity (Wildman–Crippen MR) is 66.0 cm³/mol. The van der Waals surface area contributed by atoms with Crippen molar-refractivity contribution in [3.8, 4) is 0 Å². The van der Waals surface area contributed by atoms with Crippen LogP contribution in [-0.4, -0.2) is 41.3 Å². The van der Waals surface area contributed by atoms with Crippen molar-refractivity contribution in [1.82, 2.24) is 0 Å². The summed E-state index contributed by atoms with van der Waals surface area (Å²) in [7, 11) is 0. The van der Waals surface area contributed by atoms with Crippen molar-refractivity contribution in [2.75, 3.05) is 6.61 Å². The van der Waals surface area contributed by atoms with Crippen LogP contribution in [0.25, 0.3) is 0 Å². The van der Waals surface area contributed by atoms with E-state index < -0.39 is 0 Å². The van der Waals surface area contributed by atoms with Crippen molar-refractivity contribution in [1.29, 1.82) is 0 Å². The molecule has 80 valence electrons. The summed E-state index contributed by atoms with van der Waals surface area (Å²) in [6.07, 6.45) is 14.6. The topological polar surface area (TPSA) is 20.2 Å². The fourth-order valence-corrected chi connectivity index (χ4v) is 1.41. The molecule has 0 fully saturated rings. The van der Waals surface area contributed by atoms with E-state index in [4.69, 9.17) is 5.11 Å². The van der Waals surface area contributed by atoms with Gasteiger partial charge in [-0.3, -0.25) is 0 Å². The standard InChI is InChI=1S/C12H24O.Na.H/c1-2-3-4-5-6-7-8-9-10-11-12-13;;/h10-11,13H,2-9,12H2,1H3;;. The third-order valence-electron chi connectivity index (χ3n) is 2.25. The van der Waals surface area contributed by atoms with Crippen molar-refractivity contribution in [3.63, 3.8) is 0 Å². The van der Waals surface area contributed by atoms with Gasteiger partial charge in [0.2, 0.25) is 0 Å². The molecule has 0 rings (SSSR count). The molecular weight excluding hydrogens is 183 g/mol. The molecule has 0 aromatic heterocycles. The van der Waals surface area contributed by atoms with Gasteiger partial charge in [0.1, 0.15) is 0 Å². The number of allylic oxidation sites excluding steroid dienone is 1. The Hall–Kier alpha value is 0.700. The second kappa shape index (κ2) is 16.1.